The Bertz CT molecular complexity index is 527. The Morgan fingerprint density at radius 1 is 1.09 bits per heavy atom. The van der Waals surface area contributed by atoms with Crippen molar-refractivity contribution in [3.8, 4) is 0 Å². The summed E-state index contributed by atoms with van der Waals surface area (Å²) in [5, 5.41) is 0. The van der Waals surface area contributed by atoms with Crippen molar-refractivity contribution in [3.63, 3.8) is 0 Å². The molecule has 0 spiro atoms. The van der Waals surface area contributed by atoms with Crippen LogP contribution < -0.4 is 0 Å². The summed E-state index contributed by atoms with van der Waals surface area (Å²) in [5.74, 6) is 0.612. The molecule has 2 aliphatic rings. The number of amides is 1. The maximum atomic E-state index is 12.9. The molecule has 4 heteroatoms. The summed E-state index contributed by atoms with van der Waals surface area (Å²) in [6.07, 6.45) is 8.44. The molecule has 0 aromatic carbocycles. The number of hydrogen-bond donors (Lipinski definition) is 0. The molecular formula is C19H30N2OS. The molecule has 3 nitrogen and oxygen atoms in total. The summed E-state index contributed by atoms with van der Waals surface area (Å²) in [6, 6.07) is 4.94. The van der Waals surface area contributed by atoms with Gasteiger partial charge in [-0.05, 0) is 51.3 Å². The maximum absolute atomic E-state index is 12.9. The Labute approximate surface area is 144 Å². The van der Waals surface area contributed by atoms with E-state index in [0.717, 1.165) is 32.5 Å². The van der Waals surface area contributed by atoms with E-state index in [1.165, 1.54) is 41.9 Å². The molecule has 3 rings (SSSR count). The van der Waals surface area contributed by atoms with Crippen LogP contribution >= 0.6 is 11.3 Å². The predicted molar refractivity (Wildman–Crippen MR) is 96.7 cm³/mol. The smallest absolute Gasteiger partial charge is 0.227 e. The highest BCUT2D eigenvalue weighted by Crippen LogP contribution is 2.33. The molecular weight excluding hydrogens is 304 g/mol. The third kappa shape index (κ3) is 4.16. The standard InChI is InChI=1S/C19H30N2OS/c1-15-10-11-16(23-15)14-21-13-6-4-3-5-12-20(2)19(22)17-8-7-9-18(17)21/h10-11,17-18H,3-9,12-14H2,1-2H3. The normalized spacial score (nSPS) is 27.7. The van der Waals surface area contributed by atoms with Crippen LogP contribution in [0.1, 0.15) is 54.7 Å². The van der Waals surface area contributed by atoms with Gasteiger partial charge < -0.3 is 4.90 Å². The maximum Gasteiger partial charge on any atom is 0.227 e. The minimum atomic E-state index is 0.221. The van der Waals surface area contributed by atoms with Gasteiger partial charge in [0.05, 0.1) is 5.92 Å². The van der Waals surface area contributed by atoms with E-state index in [0.29, 0.717) is 11.9 Å². The molecule has 0 radical (unpaired) electrons. The van der Waals surface area contributed by atoms with E-state index in [9.17, 15) is 4.79 Å². The zero-order chi connectivity index (χ0) is 16.2. The Hall–Kier alpha value is -0.870. The molecule has 1 saturated heterocycles. The molecule has 1 saturated carbocycles. The molecule has 1 amide bonds. The fourth-order valence-electron chi connectivity index (χ4n) is 4.21. The topological polar surface area (TPSA) is 23.6 Å². The molecule has 1 aliphatic carbocycles. The largest absolute Gasteiger partial charge is 0.345 e. The van der Waals surface area contributed by atoms with Crippen LogP contribution in [-0.2, 0) is 11.3 Å². The number of carbonyl (C=O) groups excluding carboxylic acids is 1. The van der Waals surface area contributed by atoms with Gasteiger partial charge in [-0.1, -0.05) is 19.3 Å². The second kappa shape index (κ2) is 7.80. The number of thiophene rings is 1. The van der Waals surface area contributed by atoms with E-state index < -0.39 is 0 Å². The van der Waals surface area contributed by atoms with E-state index >= 15 is 0 Å². The highest BCUT2D eigenvalue weighted by molar-refractivity contribution is 7.11. The van der Waals surface area contributed by atoms with Gasteiger partial charge in [0.2, 0.25) is 5.91 Å². The number of hydrogen-bond acceptors (Lipinski definition) is 3. The molecule has 128 valence electrons. The third-order valence-corrected chi connectivity index (χ3v) is 6.47. The third-order valence-electron chi connectivity index (χ3n) is 5.49. The fourth-order valence-corrected chi connectivity index (χ4v) is 5.12. The first-order valence-electron chi connectivity index (χ1n) is 9.19. The monoisotopic (exact) mass is 334 g/mol. The SMILES string of the molecule is Cc1ccc(CN2CCCCCCN(C)C(=O)C3CCCC32)s1. The average molecular weight is 335 g/mol. The molecule has 23 heavy (non-hydrogen) atoms. The van der Waals surface area contributed by atoms with E-state index in [4.69, 9.17) is 0 Å². The van der Waals surface area contributed by atoms with E-state index in [2.05, 4.69) is 24.0 Å². The first-order chi connectivity index (χ1) is 11.1. The van der Waals surface area contributed by atoms with Crippen LogP contribution in [0.15, 0.2) is 12.1 Å². The molecule has 2 fully saturated rings. The Balaban J connectivity index is 1.78. The van der Waals surface area contributed by atoms with Crippen LogP contribution in [-0.4, -0.2) is 41.9 Å². The van der Waals surface area contributed by atoms with E-state index in [-0.39, 0.29) is 5.92 Å². The summed E-state index contributed by atoms with van der Waals surface area (Å²) < 4.78 is 0. The van der Waals surface area contributed by atoms with Crippen molar-refractivity contribution < 1.29 is 4.79 Å². The Morgan fingerprint density at radius 3 is 2.61 bits per heavy atom. The summed E-state index contributed by atoms with van der Waals surface area (Å²) in [6.45, 7) is 5.29. The highest BCUT2D eigenvalue weighted by atomic mass is 32.1. The van der Waals surface area contributed by atoms with Crippen molar-refractivity contribution in [1.29, 1.82) is 0 Å². The number of rotatable bonds is 2. The minimum absolute atomic E-state index is 0.221. The van der Waals surface area contributed by atoms with Gasteiger partial charge in [0.25, 0.3) is 0 Å². The van der Waals surface area contributed by atoms with Gasteiger partial charge in [-0.15, -0.1) is 11.3 Å². The van der Waals surface area contributed by atoms with Crippen LogP contribution in [0.5, 0.6) is 0 Å². The van der Waals surface area contributed by atoms with Crippen LogP contribution in [0, 0.1) is 12.8 Å². The van der Waals surface area contributed by atoms with Gasteiger partial charge in [0, 0.05) is 35.9 Å². The second-order valence-corrected chi connectivity index (χ2v) is 8.63. The van der Waals surface area contributed by atoms with E-state index in [1.807, 2.05) is 23.3 Å². The molecule has 0 bridgehead atoms. The number of aryl methyl sites for hydroxylation is 1. The number of carbonyl (C=O) groups is 1. The van der Waals surface area contributed by atoms with Gasteiger partial charge in [0.15, 0.2) is 0 Å². The lowest BCUT2D eigenvalue weighted by atomic mass is 10.00. The zero-order valence-corrected chi connectivity index (χ0v) is 15.4. The fraction of sp³-hybridized carbons (Fsp3) is 0.737. The lowest BCUT2D eigenvalue weighted by Gasteiger charge is -2.33. The second-order valence-electron chi connectivity index (χ2n) is 7.26. The van der Waals surface area contributed by atoms with Crippen LogP contribution in [0.4, 0.5) is 0 Å². The lowest BCUT2D eigenvalue weighted by molar-refractivity contribution is -0.136. The summed E-state index contributed by atoms with van der Waals surface area (Å²) in [5.41, 5.74) is 0. The predicted octanol–water partition coefficient (Wildman–Crippen LogP) is 4.06. The molecule has 0 N–H and O–H groups in total. The summed E-state index contributed by atoms with van der Waals surface area (Å²) >= 11 is 1.91. The van der Waals surface area contributed by atoms with Gasteiger partial charge in [-0.25, -0.2) is 0 Å². The van der Waals surface area contributed by atoms with Crippen molar-refractivity contribution in [1.82, 2.24) is 9.80 Å². The summed E-state index contributed by atoms with van der Waals surface area (Å²) in [7, 11) is 2.00. The zero-order valence-electron chi connectivity index (χ0n) is 14.6. The van der Waals surface area contributed by atoms with Gasteiger partial charge in [-0.3, -0.25) is 9.69 Å². The van der Waals surface area contributed by atoms with Crippen molar-refractivity contribution in [2.45, 2.75) is 64.5 Å². The van der Waals surface area contributed by atoms with Crippen molar-refractivity contribution in [3.05, 3.63) is 21.9 Å². The minimum Gasteiger partial charge on any atom is -0.345 e. The molecule has 1 aromatic rings. The molecule has 2 heterocycles. The lowest BCUT2D eigenvalue weighted by Crippen LogP contribution is -2.44. The highest BCUT2D eigenvalue weighted by Gasteiger charge is 2.38. The molecule has 1 aliphatic heterocycles. The van der Waals surface area contributed by atoms with Crippen molar-refractivity contribution in [2.24, 2.45) is 5.92 Å². The Morgan fingerprint density at radius 2 is 1.87 bits per heavy atom. The molecule has 2 atom stereocenters. The average Bonchev–Trinajstić information content (AvgIpc) is 3.16. The van der Waals surface area contributed by atoms with Crippen molar-refractivity contribution in [2.75, 3.05) is 20.1 Å². The molecule has 1 aromatic heterocycles. The first-order valence-corrected chi connectivity index (χ1v) is 10.0. The Kier molecular flexibility index (Phi) is 5.76. The van der Waals surface area contributed by atoms with Gasteiger partial charge in [-0.2, -0.15) is 0 Å². The quantitative estimate of drug-likeness (QED) is 0.814. The van der Waals surface area contributed by atoms with Crippen molar-refractivity contribution >= 4 is 17.2 Å². The van der Waals surface area contributed by atoms with Crippen LogP contribution in [0.3, 0.4) is 0 Å². The van der Waals surface area contributed by atoms with Gasteiger partial charge in [0.1, 0.15) is 0 Å². The van der Waals surface area contributed by atoms with Gasteiger partial charge >= 0.3 is 0 Å². The number of fused-ring (bicyclic) bond motifs is 1. The van der Waals surface area contributed by atoms with E-state index in [1.54, 1.807) is 0 Å². The van der Waals surface area contributed by atoms with Crippen LogP contribution in [0.2, 0.25) is 0 Å². The molecule has 2 unspecified atom stereocenters. The number of nitrogens with zero attached hydrogens (tertiary/aromatic N) is 2. The van der Waals surface area contributed by atoms with Crippen LogP contribution in [0.25, 0.3) is 0 Å². The first kappa shape index (κ1) is 17.0. The summed E-state index contributed by atoms with van der Waals surface area (Å²) in [4.78, 5) is 20.3.